The Morgan fingerprint density at radius 3 is 2.80 bits per heavy atom. The lowest BCUT2D eigenvalue weighted by atomic mass is 10.0. The van der Waals surface area contributed by atoms with Crippen molar-refractivity contribution in [2.24, 2.45) is 0 Å². The number of anilines is 1. The van der Waals surface area contributed by atoms with E-state index < -0.39 is 0 Å². The second kappa shape index (κ2) is 4.93. The Kier molecular flexibility index (Phi) is 3.11. The summed E-state index contributed by atoms with van der Waals surface area (Å²) in [7, 11) is 0. The molecular weight excluding hydrogens is 324 g/mol. The number of halogens is 1. The zero-order valence-electron chi connectivity index (χ0n) is 10.1. The monoisotopic (exact) mass is 332 g/mol. The predicted octanol–water partition coefficient (Wildman–Crippen LogP) is 2.44. The standard InChI is InChI=1S/C13H9BrN4O2/c14-8-3-1-2-7(6-8)11-12(20-18-13(11)15)9-4-5-10(19)17-16-9/h1-6H,(H2,15,18)(H,17,19). The zero-order valence-corrected chi connectivity index (χ0v) is 11.7. The van der Waals surface area contributed by atoms with Gasteiger partial charge in [0.25, 0.3) is 5.56 Å². The van der Waals surface area contributed by atoms with Crippen molar-refractivity contribution >= 4 is 21.7 Å². The maximum Gasteiger partial charge on any atom is 0.264 e. The van der Waals surface area contributed by atoms with Gasteiger partial charge in [-0.2, -0.15) is 5.10 Å². The molecule has 0 radical (unpaired) electrons. The highest BCUT2D eigenvalue weighted by atomic mass is 79.9. The van der Waals surface area contributed by atoms with Gasteiger partial charge < -0.3 is 10.3 Å². The largest absolute Gasteiger partial charge is 0.380 e. The number of H-pyrrole nitrogens is 1. The van der Waals surface area contributed by atoms with Crippen molar-refractivity contribution in [2.75, 3.05) is 5.73 Å². The summed E-state index contributed by atoms with van der Waals surface area (Å²) in [4.78, 5) is 11.1. The second-order valence-corrected chi connectivity index (χ2v) is 5.00. The molecule has 0 aliphatic rings. The fourth-order valence-electron chi connectivity index (χ4n) is 1.87. The van der Waals surface area contributed by atoms with Crippen molar-refractivity contribution in [2.45, 2.75) is 0 Å². The van der Waals surface area contributed by atoms with Gasteiger partial charge in [-0.1, -0.05) is 33.2 Å². The Labute approximate surface area is 121 Å². The van der Waals surface area contributed by atoms with Crippen LogP contribution >= 0.6 is 15.9 Å². The molecule has 0 bridgehead atoms. The average Bonchev–Trinajstić information content (AvgIpc) is 2.81. The number of aromatic amines is 1. The minimum Gasteiger partial charge on any atom is -0.380 e. The van der Waals surface area contributed by atoms with E-state index >= 15 is 0 Å². The lowest BCUT2D eigenvalue weighted by Gasteiger charge is -2.02. The van der Waals surface area contributed by atoms with Crippen LogP contribution in [0.4, 0.5) is 5.82 Å². The molecule has 20 heavy (non-hydrogen) atoms. The Bertz CT molecular complexity index is 805. The van der Waals surface area contributed by atoms with Crippen molar-refractivity contribution in [3.05, 3.63) is 51.2 Å². The third kappa shape index (κ3) is 2.23. The van der Waals surface area contributed by atoms with Crippen LogP contribution in [0.15, 0.2) is 50.2 Å². The smallest absolute Gasteiger partial charge is 0.264 e. The minimum atomic E-state index is -0.287. The third-order valence-electron chi connectivity index (χ3n) is 2.74. The summed E-state index contributed by atoms with van der Waals surface area (Å²) in [6, 6.07) is 10.5. The van der Waals surface area contributed by atoms with Crippen LogP contribution in [0, 0.1) is 0 Å². The number of nitrogens with one attached hydrogen (secondary N) is 1. The van der Waals surface area contributed by atoms with E-state index in [1.807, 2.05) is 24.3 Å². The maximum absolute atomic E-state index is 11.1. The molecule has 0 atom stereocenters. The number of hydrogen-bond donors (Lipinski definition) is 2. The minimum absolute atomic E-state index is 0.270. The molecule has 7 heteroatoms. The number of hydrogen-bond acceptors (Lipinski definition) is 5. The highest BCUT2D eigenvalue weighted by molar-refractivity contribution is 9.10. The van der Waals surface area contributed by atoms with E-state index in [9.17, 15) is 4.79 Å². The molecule has 1 aromatic carbocycles. The number of nitrogens with two attached hydrogens (primary N) is 1. The van der Waals surface area contributed by atoms with E-state index in [-0.39, 0.29) is 11.4 Å². The van der Waals surface area contributed by atoms with E-state index in [1.165, 1.54) is 6.07 Å². The zero-order chi connectivity index (χ0) is 14.1. The fourth-order valence-corrected chi connectivity index (χ4v) is 2.27. The number of aromatic nitrogens is 3. The number of nitrogens with zero attached hydrogens (tertiary/aromatic N) is 2. The molecule has 6 nitrogen and oxygen atoms in total. The van der Waals surface area contributed by atoms with Gasteiger partial charge in [-0.3, -0.25) is 4.79 Å². The lowest BCUT2D eigenvalue weighted by Crippen LogP contribution is -2.05. The number of rotatable bonds is 2. The van der Waals surface area contributed by atoms with Gasteiger partial charge in [-0.05, 0) is 23.8 Å². The Morgan fingerprint density at radius 1 is 1.25 bits per heavy atom. The average molecular weight is 333 g/mol. The highest BCUT2D eigenvalue weighted by Crippen LogP contribution is 2.36. The molecule has 3 rings (SSSR count). The van der Waals surface area contributed by atoms with Crippen molar-refractivity contribution in [3.8, 4) is 22.6 Å². The molecule has 0 spiro atoms. The van der Waals surface area contributed by atoms with Crippen molar-refractivity contribution in [1.82, 2.24) is 15.4 Å². The van der Waals surface area contributed by atoms with Crippen molar-refractivity contribution < 1.29 is 4.52 Å². The van der Waals surface area contributed by atoms with Crippen LogP contribution in [-0.4, -0.2) is 15.4 Å². The van der Waals surface area contributed by atoms with Gasteiger partial charge in [0.05, 0.1) is 5.56 Å². The highest BCUT2D eigenvalue weighted by Gasteiger charge is 2.18. The van der Waals surface area contributed by atoms with Gasteiger partial charge in [-0.25, -0.2) is 5.10 Å². The molecule has 0 aliphatic heterocycles. The molecule has 2 aromatic heterocycles. The van der Waals surface area contributed by atoms with E-state index in [4.69, 9.17) is 10.3 Å². The quantitative estimate of drug-likeness (QED) is 0.751. The molecule has 0 aliphatic carbocycles. The Balaban J connectivity index is 2.19. The maximum atomic E-state index is 11.1. The molecule has 3 N–H and O–H groups in total. The Hall–Kier alpha value is -2.41. The summed E-state index contributed by atoms with van der Waals surface area (Å²) in [6.45, 7) is 0. The summed E-state index contributed by atoms with van der Waals surface area (Å²) < 4.78 is 6.15. The van der Waals surface area contributed by atoms with E-state index in [0.29, 0.717) is 17.0 Å². The molecule has 3 aromatic rings. The van der Waals surface area contributed by atoms with Crippen LogP contribution in [0.25, 0.3) is 22.6 Å². The van der Waals surface area contributed by atoms with Gasteiger partial charge in [0.15, 0.2) is 11.6 Å². The van der Waals surface area contributed by atoms with E-state index in [1.54, 1.807) is 6.07 Å². The molecular formula is C13H9BrN4O2. The molecule has 0 saturated carbocycles. The predicted molar refractivity (Wildman–Crippen MR) is 77.9 cm³/mol. The Morgan fingerprint density at radius 2 is 2.10 bits per heavy atom. The molecule has 2 heterocycles. The van der Waals surface area contributed by atoms with Crippen LogP contribution in [0.5, 0.6) is 0 Å². The molecule has 100 valence electrons. The van der Waals surface area contributed by atoms with Crippen molar-refractivity contribution in [3.63, 3.8) is 0 Å². The van der Waals surface area contributed by atoms with Gasteiger partial charge in [-0.15, -0.1) is 0 Å². The van der Waals surface area contributed by atoms with Crippen LogP contribution in [0.3, 0.4) is 0 Å². The molecule has 0 saturated heterocycles. The lowest BCUT2D eigenvalue weighted by molar-refractivity contribution is 0.434. The summed E-state index contributed by atoms with van der Waals surface area (Å²) in [6.07, 6.45) is 0. The SMILES string of the molecule is Nc1noc(-c2ccc(=O)[nH]n2)c1-c1cccc(Br)c1. The number of benzene rings is 1. The van der Waals surface area contributed by atoms with Gasteiger partial charge >= 0.3 is 0 Å². The van der Waals surface area contributed by atoms with Gasteiger partial charge in [0.2, 0.25) is 0 Å². The topological polar surface area (TPSA) is 97.8 Å². The second-order valence-electron chi connectivity index (χ2n) is 4.09. The first-order valence-electron chi connectivity index (χ1n) is 5.72. The van der Waals surface area contributed by atoms with Gasteiger partial charge in [0.1, 0.15) is 5.69 Å². The van der Waals surface area contributed by atoms with Crippen LogP contribution in [0.1, 0.15) is 0 Å². The summed E-state index contributed by atoms with van der Waals surface area (Å²) in [5, 5.41) is 10.1. The summed E-state index contributed by atoms with van der Waals surface area (Å²) >= 11 is 3.41. The number of nitrogen functional groups attached to an aromatic ring is 1. The first kappa shape index (κ1) is 12.6. The first-order valence-corrected chi connectivity index (χ1v) is 6.51. The summed E-state index contributed by atoms with van der Waals surface area (Å²) in [5.74, 6) is 0.683. The fraction of sp³-hybridized carbons (Fsp3) is 0. The molecule has 0 amide bonds. The van der Waals surface area contributed by atoms with E-state index in [2.05, 4.69) is 31.3 Å². The molecule has 0 unspecified atom stereocenters. The van der Waals surface area contributed by atoms with Crippen molar-refractivity contribution in [1.29, 1.82) is 0 Å². The third-order valence-corrected chi connectivity index (χ3v) is 3.24. The van der Waals surface area contributed by atoms with Crippen LogP contribution in [-0.2, 0) is 0 Å². The normalized spacial score (nSPS) is 10.7. The van der Waals surface area contributed by atoms with E-state index in [0.717, 1.165) is 10.0 Å². The van der Waals surface area contributed by atoms with Crippen LogP contribution < -0.4 is 11.3 Å². The molecule has 0 fully saturated rings. The van der Waals surface area contributed by atoms with Gasteiger partial charge in [0, 0.05) is 10.5 Å². The summed E-state index contributed by atoms with van der Waals surface area (Å²) in [5.41, 5.74) is 7.54. The van der Waals surface area contributed by atoms with Crippen LogP contribution in [0.2, 0.25) is 0 Å². The first-order chi connectivity index (χ1) is 9.65.